The maximum atomic E-state index is 5.29. The van der Waals surface area contributed by atoms with Crippen molar-refractivity contribution in [2.75, 3.05) is 13.6 Å². The zero-order valence-corrected chi connectivity index (χ0v) is 4.96. The van der Waals surface area contributed by atoms with E-state index in [4.69, 9.17) is 17.3 Å². The van der Waals surface area contributed by atoms with Gasteiger partial charge in [-0.25, -0.2) is 5.84 Å². The molecule has 0 fully saturated rings. The van der Waals surface area contributed by atoms with Crippen molar-refractivity contribution < 1.29 is 0 Å². The van der Waals surface area contributed by atoms with Crippen LogP contribution >= 0.6 is 0 Å². The molecule has 0 atom stereocenters. The van der Waals surface area contributed by atoms with E-state index >= 15 is 0 Å². The molecule has 0 aromatic carbocycles. The van der Waals surface area contributed by atoms with Gasteiger partial charge in [-0.15, -0.1) is 0 Å². The number of nitrogens with two attached hydrogens (primary N) is 3. The monoisotopic (exact) mass is 116 g/mol. The molecule has 0 aromatic heterocycles. The summed E-state index contributed by atoms with van der Waals surface area (Å²) >= 11 is 0. The molecule has 8 heavy (non-hydrogen) atoms. The summed E-state index contributed by atoms with van der Waals surface area (Å²) in [6.45, 7) is 0.349. The molecule has 0 aromatic rings. The predicted molar refractivity (Wildman–Crippen MR) is 33.3 cm³/mol. The van der Waals surface area contributed by atoms with Crippen molar-refractivity contribution >= 4 is 0 Å². The van der Waals surface area contributed by atoms with Crippen LogP contribution in [0.3, 0.4) is 0 Å². The van der Waals surface area contributed by atoms with Gasteiger partial charge < -0.3 is 16.5 Å². The average molecular weight is 116 g/mol. The van der Waals surface area contributed by atoms with Crippen LogP contribution in [0.4, 0.5) is 0 Å². The van der Waals surface area contributed by atoms with Gasteiger partial charge in [0.15, 0.2) is 0 Å². The van der Waals surface area contributed by atoms with Gasteiger partial charge >= 0.3 is 0 Å². The van der Waals surface area contributed by atoms with E-state index in [1.165, 1.54) is 5.01 Å². The molecule has 6 N–H and O–H groups in total. The molecule has 0 aliphatic carbocycles. The van der Waals surface area contributed by atoms with E-state index in [0.29, 0.717) is 12.2 Å². The first kappa shape index (κ1) is 7.26. The molecule has 0 radical (unpaired) electrons. The van der Waals surface area contributed by atoms with Crippen molar-refractivity contribution in [1.82, 2.24) is 5.01 Å². The number of nitrogens with zero attached hydrogens (tertiary/aromatic N) is 1. The van der Waals surface area contributed by atoms with Gasteiger partial charge in [-0.05, 0) is 0 Å². The van der Waals surface area contributed by atoms with E-state index in [1.54, 1.807) is 13.2 Å². The van der Waals surface area contributed by atoms with Crippen LogP contribution in [0, 0.1) is 0 Å². The third-order valence-corrected chi connectivity index (χ3v) is 0.605. The summed E-state index contributed by atoms with van der Waals surface area (Å²) in [4.78, 5) is 0. The summed E-state index contributed by atoms with van der Waals surface area (Å²) < 4.78 is 0. The van der Waals surface area contributed by atoms with Crippen LogP contribution in [0.15, 0.2) is 11.9 Å². The highest BCUT2D eigenvalue weighted by Crippen LogP contribution is 1.77. The molecule has 48 valence electrons. The van der Waals surface area contributed by atoms with Crippen LogP contribution in [0.1, 0.15) is 0 Å². The lowest BCUT2D eigenvalue weighted by Crippen LogP contribution is -2.23. The molecule has 0 aliphatic heterocycles. The first-order chi connectivity index (χ1) is 3.66. The summed E-state index contributed by atoms with van der Waals surface area (Å²) in [5.74, 6) is 5.19. The summed E-state index contributed by atoms with van der Waals surface area (Å²) in [6.07, 6.45) is 1.57. The largest absolute Gasteiger partial charge is 0.400 e. The van der Waals surface area contributed by atoms with Gasteiger partial charge in [0.2, 0.25) is 0 Å². The highest BCUT2D eigenvalue weighted by atomic mass is 15.4. The van der Waals surface area contributed by atoms with Crippen LogP contribution in [0.2, 0.25) is 0 Å². The van der Waals surface area contributed by atoms with Gasteiger partial charge in [-0.1, -0.05) is 0 Å². The fourth-order valence-electron chi connectivity index (χ4n) is 0.314. The Morgan fingerprint density at radius 1 is 1.75 bits per heavy atom. The van der Waals surface area contributed by atoms with Crippen LogP contribution in [-0.2, 0) is 0 Å². The lowest BCUT2D eigenvalue weighted by Gasteiger charge is -2.04. The Labute approximate surface area is 48.9 Å². The van der Waals surface area contributed by atoms with Crippen molar-refractivity contribution in [3.05, 3.63) is 11.9 Å². The SMILES string of the molecule is CN(N)/C=C(\N)CN. The third-order valence-electron chi connectivity index (χ3n) is 0.605. The molecule has 0 bridgehead atoms. The van der Waals surface area contributed by atoms with Gasteiger partial charge in [-0.2, -0.15) is 0 Å². The van der Waals surface area contributed by atoms with E-state index in [-0.39, 0.29) is 0 Å². The average Bonchev–Trinajstić information content (AvgIpc) is 1.65. The first-order valence-electron chi connectivity index (χ1n) is 2.30. The second-order valence-corrected chi connectivity index (χ2v) is 1.57. The standard InChI is InChI=1S/C4H12N4/c1-8(7)3-4(6)2-5/h3H,2,5-7H2,1H3/b4-3-. The highest BCUT2D eigenvalue weighted by Gasteiger charge is 1.82. The van der Waals surface area contributed by atoms with Crippen molar-refractivity contribution in [2.45, 2.75) is 0 Å². The van der Waals surface area contributed by atoms with E-state index < -0.39 is 0 Å². The lowest BCUT2D eigenvalue weighted by atomic mass is 10.5. The Morgan fingerprint density at radius 2 is 2.25 bits per heavy atom. The van der Waals surface area contributed by atoms with Gasteiger partial charge in [0.25, 0.3) is 0 Å². The van der Waals surface area contributed by atoms with Crippen LogP contribution in [-0.4, -0.2) is 18.6 Å². The second-order valence-electron chi connectivity index (χ2n) is 1.57. The molecule has 0 amide bonds. The smallest absolute Gasteiger partial charge is 0.0395 e. The van der Waals surface area contributed by atoms with E-state index in [9.17, 15) is 0 Å². The fraction of sp³-hybridized carbons (Fsp3) is 0.500. The molecule has 4 heteroatoms. The highest BCUT2D eigenvalue weighted by molar-refractivity contribution is 4.94. The van der Waals surface area contributed by atoms with Gasteiger partial charge in [0.1, 0.15) is 0 Å². The molecular formula is C4H12N4. The third kappa shape index (κ3) is 3.45. The minimum atomic E-state index is 0.349. The minimum absolute atomic E-state index is 0.349. The lowest BCUT2D eigenvalue weighted by molar-refractivity contribution is 0.479. The maximum absolute atomic E-state index is 5.29. The topological polar surface area (TPSA) is 81.3 Å². The van der Waals surface area contributed by atoms with Gasteiger partial charge in [0, 0.05) is 25.5 Å². The molecule has 0 unspecified atom stereocenters. The van der Waals surface area contributed by atoms with Crippen LogP contribution < -0.4 is 17.3 Å². The molecule has 0 spiro atoms. The Hall–Kier alpha value is -0.740. The summed E-state index contributed by atoms with van der Waals surface area (Å²) in [5.41, 5.74) is 11.0. The molecular weight excluding hydrogens is 104 g/mol. The Bertz CT molecular complexity index is 86.0. The summed E-state index contributed by atoms with van der Waals surface area (Å²) in [5, 5.41) is 1.36. The zero-order valence-electron chi connectivity index (χ0n) is 4.96. The minimum Gasteiger partial charge on any atom is -0.400 e. The number of hydrogen-bond donors (Lipinski definition) is 3. The molecule has 0 aliphatic rings. The fourth-order valence-corrected chi connectivity index (χ4v) is 0.314. The van der Waals surface area contributed by atoms with Gasteiger partial charge in [0.05, 0.1) is 0 Å². The summed E-state index contributed by atoms with van der Waals surface area (Å²) in [7, 11) is 1.68. The number of hydrazine groups is 1. The van der Waals surface area contributed by atoms with Crippen molar-refractivity contribution in [3.63, 3.8) is 0 Å². The Morgan fingerprint density at radius 3 is 2.38 bits per heavy atom. The molecule has 0 saturated carbocycles. The van der Waals surface area contributed by atoms with Crippen molar-refractivity contribution in [3.8, 4) is 0 Å². The van der Waals surface area contributed by atoms with E-state index in [2.05, 4.69) is 0 Å². The number of rotatable bonds is 2. The Balaban J connectivity index is 3.56. The zero-order chi connectivity index (χ0) is 6.57. The quantitative estimate of drug-likeness (QED) is 0.304. The van der Waals surface area contributed by atoms with E-state index in [0.717, 1.165) is 0 Å². The van der Waals surface area contributed by atoms with Crippen molar-refractivity contribution in [1.29, 1.82) is 0 Å². The van der Waals surface area contributed by atoms with Crippen LogP contribution in [0.25, 0.3) is 0 Å². The van der Waals surface area contributed by atoms with Crippen LogP contribution in [0.5, 0.6) is 0 Å². The predicted octanol–water partition coefficient (Wildman–Crippen LogP) is -1.45. The first-order valence-corrected chi connectivity index (χ1v) is 2.30. The van der Waals surface area contributed by atoms with Crippen molar-refractivity contribution in [2.24, 2.45) is 17.3 Å². The number of hydrogen-bond acceptors (Lipinski definition) is 4. The normalized spacial score (nSPS) is 11.6. The van der Waals surface area contributed by atoms with Gasteiger partial charge in [-0.3, -0.25) is 0 Å². The maximum Gasteiger partial charge on any atom is 0.0395 e. The molecule has 4 nitrogen and oxygen atoms in total. The molecule has 0 rings (SSSR count). The second kappa shape index (κ2) is 3.29. The summed E-state index contributed by atoms with van der Waals surface area (Å²) in [6, 6.07) is 0. The molecule has 0 heterocycles. The Kier molecular flexibility index (Phi) is 2.98. The van der Waals surface area contributed by atoms with E-state index in [1.807, 2.05) is 0 Å². The molecule has 0 saturated heterocycles.